The van der Waals surface area contributed by atoms with Crippen molar-refractivity contribution in [3.8, 4) is 0 Å². The maximum atomic E-state index is 12.3. The van der Waals surface area contributed by atoms with E-state index < -0.39 is 0 Å². The van der Waals surface area contributed by atoms with Crippen molar-refractivity contribution in [1.82, 2.24) is 14.8 Å². The van der Waals surface area contributed by atoms with E-state index in [1.54, 1.807) is 18.3 Å². The minimum Gasteiger partial charge on any atom is -0.399 e. The number of hydrogen-bond donors (Lipinski definition) is 1. The molecule has 2 aliphatic rings. The SMILES string of the molecule is Nc1ccnc(C(=O)N2CCC(N3CCCC3)C2)c1. The molecule has 0 aromatic carbocycles. The van der Waals surface area contributed by atoms with E-state index in [1.807, 2.05) is 4.90 Å². The van der Waals surface area contributed by atoms with Gasteiger partial charge in [-0.1, -0.05) is 0 Å². The number of likely N-dealkylation sites (tertiary alicyclic amines) is 2. The Balaban J connectivity index is 1.65. The first-order valence-electron chi connectivity index (χ1n) is 6.99. The first-order chi connectivity index (χ1) is 9.24. The molecule has 2 saturated heterocycles. The van der Waals surface area contributed by atoms with Crippen LogP contribution in [0, 0.1) is 0 Å². The molecule has 19 heavy (non-hydrogen) atoms. The average molecular weight is 260 g/mol. The highest BCUT2D eigenvalue weighted by Crippen LogP contribution is 2.21. The van der Waals surface area contributed by atoms with Crippen LogP contribution in [0.15, 0.2) is 18.3 Å². The van der Waals surface area contributed by atoms with Crippen LogP contribution in [-0.4, -0.2) is 52.9 Å². The molecule has 1 aromatic heterocycles. The Morgan fingerprint density at radius 3 is 2.84 bits per heavy atom. The molecule has 0 saturated carbocycles. The maximum Gasteiger partial charge on any atom is 0.272 e. The second-order valence-corrected chi connectivity index (χ2v) is 5.41. The second kappa shape index (κ2) is 5.17. The summed E-state index contributed by atoms with van der Waals surface area (Å²) in [7, 11) is 0. The lowest BCUT2D eigenvalue weighted by molar-refractivity contribution is 0.0774. The Kier molecular flexibility index (Phi) is 3.38. The Hall–Kier alpha value is -1.62. The number of nitrogen functional groups attached to an aromatic ring is 1. The predicted molar refractivity (Wildman–Crippen MR) is 73.8 cm³/mol. The van der Waals surface area contributed by atoms with Crippen molar-refractivity contribution in [2.45, 2.75) is 25.3 Å². The van der Waals surface area contributed by atoms with Gasteiger partial charge in [0.05, 0.1) is 0 Å². The number of carbonyl (C=O) groups is 1. The molecule has 5 heteroatoms. The van der Waals surface area contributed by atoms with Gasteiger partial charge in [0.25, 0.3) is 5.91 Å². The molecule has 1 aromatic rings. The van der Waals surface area contributed by atoms with Crippen LogP contribution in [0.4, 0.5) is 5.69 Å². The molecular weight excluding hydrogens is 240 g/mol. The Morgan fingerprint density at radius 2 is 2.11 bits per heavy atom. The highest BCUT2D eigenvalue weighted by molar-refractivity contribution is 5.93. The molecule has 3 rings (SSSR count). The number of aromatic nitrogens is 1. The maximum absolute atomic E-state index is 12.3. The van der Waals surface area contributed by atoms with Crippen LogP contribution in [0.25, 0.3) is 0 Å². The van der Waals surface area contributed by atoms with Gasteiger partial charge in [-0.05, 0) is 44.5 Å². The fourth-order valence-corrected chi connectivity index (χ4v) is 3.06. The van der Waals surface area contributed by atoms with Gasteiger partial charge in [-0.2, -0.15) is 0 Å². The summed E-state index contributed by atoms with van der Waals surface area (Å²) in [6, 6.07) is 3.90. The fraction of sp³-hybridized carbons (Fsp3) is 0.571. The van der Waals surface area contributed by atoms with Gasteiger partial charge < -0.3 is 10.6 Å². The third kappa shape index (κ3) is 2.56. The number of nitrogens with two attached hydrogens (primary N) is 1. The number of carbonyl (C=O) groups excluding carboxylic acids is 1. The second-order valence-electron chi connectivity index (χ2n) is 5.41. The molecule has 2 aliphatic heterocycles. The van der Waals surface area contributed by atoms with Crippen LogP contribution >= 0.6 is 0 Å². The molecule has 2 fully saturated rings. The molecule has 1 atom stereocenters. The largest absolute Gasteiger partial charge is 0.399 e. The molecule has 0 aliphatic carbocycles. The zero-order valence-electron chi connectivity index (χ0n) is 11.1. The van der Waals surface area contributed by atoms with E-state index in [1.165, 1.54) is 25.9 Å². The zero-order chi connectivity index (χ0) is 13.2. The standard InChI is InChI=1S/C14H20N4O/c15-11-3-5-16-13(9-11)14(19)18-8-4-12(10-18)17-6-1-2-7-17/h3,5,9,12H,1-2,4,6-8,10H2,(H2,15,16). The molecule has 0 bridgehead atoms. The summed E-state index contributed by atoms with van der Waals surface area (Å²) in [5.74, 6) is 0.00833. The fourth-order valence-electron chi connectivity index (χ4n) is 3.06. The van der Waals surface area contributed by atoms with E-state index in [0.29, 0.717) is 17.4 Å². The highest BCUT2D eigenvalue weighted by Gasteiger charge is 2.32. The van der Waals surface area contributed by atoms with Gasteiger partial charge in [0, 0.05) is 31.0 Å². The lowest BCUT2D eigenvalue weighted by Crippen LogP contribution is -2.37. The van der Waals surface area contributed by atoms with Gasteiger partial charge >= 0.3 is 0 Å². The zero-order valence-corrected chi connectivity index (χ0v) is 11.1. The van der Waals surface area contributed by atoms with Crippen LogP contribution in [-0.2, 0) is 0 Å². The van der Waals surface area contributed by atoms with E-state index in [2.05, 4.69) is 9.88 Å². The number of rotatable bonds is 2. The van der Waals surface area contributed by atoms with E-state index in [-0.39, 0.29) is 5.91 Å². The van der Waals surface area contributed by atoms with Gasteiger partial charge in [0.1, 0.15) is 5.69 Å². The first-order valence-corrected chi connectivity index (χ1v) is 6.99. The Labute approximate surface area is 113 Å². The van der Waals surface area contributed by atoms with Gasteiger partial charge in [-0.15, -0.1) is 0 Å². The van der Waals surface area contributed by atoms with Crippen molar-refractivity contribution in [3.05, 3.63) is 24.0 Å². The smallest absolute Gasteiger partial charge is 0.272 e. The molecule has 1 amide bonds. The Morgan fingerprint density at radius 1 is 1.32 bits per heavy atom. The summed E-state index contributed by atoms with van der Waals surface area (Å²) < 4.78 is 0. The quantitative estimate of drug-likeness (QED) is 0.861. The van der Waals surface area contributed by atoms with Crippen molar-refractivity contribution >= 4 is 11.6 Å². The minimum atomic E-state index is 0.00833. The molecule has 0 spiro atoms. The van der Waals surface area contributed by atoms with Crippen molar-refractivity contribution in [2.75, 3.05) is 31.9 Å². The lowest BCUT2D eigenvalue weighted by atomic mass is 10.2. The summed E-state index contributed by atoms with van der Waals surface area (Å²) in [5, 5.41) is 0. The normalized spacial score (nSPS) is 24.0. The molecule has 102 valence electrons. The summed E-state index contributed by atoms with van der Waals surface area (Å²) in [6.45, 7) is 4.03. The van der Waals surface area contributed by atoms with Crippen molar-refractivity contribution in [2.24, 2.45) is 0 Å². The lowest BCUT2D eigenvalue weighted by Gasteiger charge is -2.23. The molecule has 3 heterocycles. The van der Waals surface area contributed by atoms with E-state index in [9.17, 15) is 4.79 Å². The number of nitrogens with zero attached hydrogens (tertiary/aromatic N) is 3. The van der Waals surface area contributed by atoms with E-state index >= 15 is 0 Å². The van der Waals surface area contributed by atoms with Crippen molar-refractivity contribution in [3.63, 3.8) is 0 Å². The highest BCUT2D eigenvalue weighted by atomic mass is 16.2. The monoisotopic (exact) mass is 260 g/mol. The summed E-state index contributed by atoms with van der Waals surface area (Å²) in [4.78, 5) is 20.9. The number of hydrogen-bond acceptors (Lipinski definition) is 4. The van der Waals surface area contributed by atoms with Gasteiger partial charge in [0.15, 0.2) is 0 Å². The molecule has 2 N–H and O–H groups in total. The van der Waals surface area contributed by atoms with Crippen LogP contribution in [0.1, 0.15) is 29.8 Å². The van der Waals surface area contributed by atoms with E-state index in [4.69, 9.17) is 5.73 Å². The summed E-state index contributed by atoms with van der Waals surface area (Å²) in [6.07, 6.45) is 5.26. The molecular formula is C14H20N4O. The Bertz CT molecular complexity index is 470. The van der Waals surface area contributed by atoms with Crippen molar-refractivity contribution < 1.29 is 4.79 Å². The number of anilines is 1. The van der Waals surface area contributed by atoms with Gasteiger partial charge in [0.2, 0.25) is 0 Å². The molecule has 0 radical (unpaired) electrons. The first kappa shape index (κ1) is 12.4. The van der Waals surface area contributed by atoms with Gasteiger partial charge in [-0.3, -0.25) is 14.7 Å². The molecule has 1 unspecified atom stereocenters. The topological polar surface area (TPSA) is 62.5 Å². The van der Waals surface area contributed by atoms with Crippen LogP contribution in [0.2, 0.25) is 0 Å². The third-order valence-electron chi connectivity index (χ3n) is 4.11. The minimum absolute atomic E-state index is 0.00833. The number of pyridine rings is 1. The van der Waals surface area contributed by atoms with Gasteiger partial charge in [-0.25, -0.2) is 0 Å². The van der Waals surface area contributed by atoms with Crippen LogP contribution < -0.4 is 5.73 Å². The van der Waals surface area contributed by atoms with Crippen molar-refractivity contribution in [1.29, 1.82) is 0 Å². The molecule has 5 nitrogen and oxygen atoms in total. The average Bonchev–Trinajstić information content (AvgIpc) is 3.08. The third-order valence-corrected chi connectivity index (χ3v) is 4.11. The predicted octanol–water partition coefficient (Wildman–Crippen LogP) is 0.974. The van der Waals surface area contributed by atoms with Crippen LogP contribution in [0.3, 0.4) is 0 Å². The summed E-state index contributed by atoms with van der Waals surface area (Å²) >= 11 is 0. The van der Waals surface area contributed by atoms with E-state index in [0.717, 1.165) is 19.5 Å². The summed E-state index contributed by atoms with van der Waals surface area (Å²) in [5.41, 5.74) is 6.75. The number of amides is 1. The van der Waals surface area contributed by atoms with Crippen LogP contribution in [0.5, 0.6) is 0 Å².